The lowest BCUT2D eigenvalue weighted by Gasteiger charge is -2.18. The zero-order valence-corrected chi connectivity index (χ0v) is 9.96. The average Bonchev–Trinajstić information content (AvgIpc) is 2.97. The molecule has 2 aromatic rings. The van der Waals surface area contributed by atoms with Gasteiger partial charge in [-0.15, -0.1) is 0 Å². The molecule has 0 fully saturated rings. The van der Waals surface area contributed by atoms with Crippen molar-refractivity contribution in [2.24, 2.45) is 0 Å². The number of carbonyl (C=O) groups is 1. The third-order valence-corrected chi connectivity index (χ3v) is 2.60. The Balaban J connectivity index is 1.69. The number of ketones is 1. The van der Waals surface area contributed by atoms with Crippen LogP contribution in [0.25, 0.3) is 0 Å². The summed E-state index contributed by atoms with van der Waals surface area (Å²) in [5.41, 5.74) is 0.503. The molecule has 1 aromatic heterocycles. The summed E-state index contributed by atoms with van der Waals surface area (Å²) >= 11 is 0. The number of fused-ring (bicyclic) bond motifs is 1. The van der Waals surface area contributed by atoms with Crippen molar-refractivity contribution in [3.63, 3.8) is 0 Å². The molecule has 7 heteroatoms. The van der Waals surface area contributed by atoms with Gasteiger partial charge in [0.15, 0.2) is 23.9 Å². The van der Waals surface area contributed by atoms with Crippen molar-refractivity contribution >= 4 is 5.78 Å². The SMILES string of the molecule is O=C(COc1ncn[nH]1)c1ccc2c(c1)OCCO2. The van der Waals surface area contributed by atoms with E-state index in [1.807, 2.05) is 0 Å². The molecule has 0 saturated heterocycles. The molecule has 7 nitrogen and oxygen atoms in total. The van der Waals surface area contributed by atoms with E-state index in [4.69, 9.17) is 14.2 Å². The summed E-state index contributed by atoms with van der Waals surface area (Å²) in [7, 11) is 0. The largest absolute Gasteiger partial charge is 0.486 e. The Morgan fingerprint density at radius 2 is 2.16 bits per heavy atom. The second kappa shape index (κ2) is 4.97. The zero-order valence-electron chi connectivity index (χ0n) is 9.96. The van der Waals surface area contributed by atoms with Crippen LogP contribution in [-0.2, 0) is 0 Å². The van der Waals surface area contributed by atoms with Gasteiger partial charge in [-0.1, -0.05) is 0 Å². The van der Waals surface area contributed by atoms with Crippen LogP contribution < -0.4 is 14.2 Å². The molecule has 0 atom stereocenters. The van der Waals surface area contributed by atoms with Gasteiger partial charge >= 0.3 is 6.01 Å². The quantitative estimate of drug-likeness (QED) is 0.821. The van der Waals surface area contributed by atoms with Crippen LogP contribution >= 0.6 is 0 Å². The van der Waals surface area contributed by atoms with E-state index >= 15 is 0 Å². The van der Waals surface area contributed by atoms with Gasteiger partial charge < -0.3 is 14.2 Å². The van der Waals surface area contributed by atoms with E-state index in [-0.39, 0.29) is 18.4 Å². The number of aromatic amines is 1. The number of benzene rings is 1. The molecule has 98 valence electrons. The number of aromatic nitrogens is 3. The van der Waals surface area contributed by atoms with Crippen LogP contribution in [0.1, 0.15) is 10.4 Å². The van der Waals surface area contributed by atoms with Crippen LogP contribution in [0.5, 0.6) is 17.5 Å². The molecular weight excluding hydrogens is 250 g/mol. The molecule has 19 heavy (non-hydrogen) atoms. The van der Waals surface area contributed by atoms with Crippen molar-refractivity contribution in [2.75, 3.05) is 19.8 Å². The molecule has 0 spiro atoms. The normalized spacial score (nSPS) is 13.1. The van der Waals surface area contributed by atoms with Crippen LogP contribution in [0.2, 0.25) is 0 Å². The predicted octanol–water partition coefficient (Wildman–Crippen LogP) is 0.838. The second-order valence-corrected chi connectivity index (χ2v) is 3.86. The number of H-pyrrole nitrogens is 1. The van der Waals surface area contributed by atoms with E-state index in [2.05, 4.69) is 15.2 Å². The van der Waals surface area contributed by atoms with Crippen LogP contribution in [0.3, 0.4) is 0 Å². The minimum absolute atomic E-state index is 0.116. The molecule has 1 aliphatic rings. The van der Waals surface area contributed by atoms with Crippen molar-refractivity contribution < 1.29 is 19.0 Å². The lowest BCUT2D eigenvalue weighted by Crippen LogP contribution is -2.17. The number of Topliss-reactive ketones (excluding diaryl/α,β-unsaturated/α-hetero) is 1. The summed E-state index contributed by atoms with van der Waals surface area (Å²) in [4.78, 5) is 15.7. The van der Waals surface area contributed by atoms with Crippen LogP contribution in [0.4, 0.5) is 0 Å². The number of hydrogen-bond acceptors (Lipinski definition) is 6. The summed E-state index contributed by atoms with van der Waals surface area (Å²) in [6.07, 6.45) is 1.31. The maximum Gasteiger partial charge on any atom is 0.312 e. The highest BCUT2D eigenvalue weighted by Crippen LogP contribution is 2.30. The highest BCUT2D eigenvalue weighted by molar-refractivity contribution is 5.97. The third-order valence-electron chi connectivity index (χ3n) is 2.60. The summed E-state index contributed by atoms with van der Waals surface area (Å²) in [5, 5.41) is 6.14. The first kappa shape index (κ1) is 11.5. The first-order chi connectivity index (χ1) is 9.33. The van der Waals surface area contributed by atoms with Crippen molar-refractivity contribution in [1.82, 2.24) is 15.2 Å². The van der Waals surface area contributed by atoms with Gasteiger partial charge in [-0.2, -0.15) is 10.1 Å². The summed E-state index contributed by atoms with van der Waals surface area (Å²) < 4.78 is 16.0. The third kappa shape index (κ3) is 2.49. The Kier molecular flexibility index (Phi) is 3.01. The van der Waals surface area contributed by atoms with Crippen LogP contribution in [0, 0.1) is 0 Å². The maximum atomic E-state index is 11.9. The fraction of sp³-hybridized carbons (Fsp3) is 0.250. The zero-order chi connectivity index (χ0) is 13.1. The van der Waals surface area contributed by atoms with Crippen molar-refractivity contribution in [2.45, 2.75) is 0 Å². The monoisotopic (exact) mass is 261 g/mol. The Bertz CT molecular complexity index is 583. The standard InChI is InChI=1S/C12H11N3O4/c16-9(6-19-12-13-7-14-15-12)8-1-2-10-11(5-8)18-4-3-17-10/h1-2,5,7H,3-4,6H2,(H,13,14,15). The number of carbonyl (C=O) groups excluding carboxylic acids is 1. The van der Waals surface area contributed by atoms with Crippen LogP contribution in [-0.4, -0.2) is 40.8 Å². The fourth-order valence-electron chi connectivity index (χ4n) is 1.70. The van der Waals surface area contributed by atoms with Gasteiger partial charge in [-0.25, -0.2) is 5.10 Å². The highest BCUT2D eigenvalue weighted by atomic mass is 16.6. The lowest BCUT2D eigenvalue weighted by atomic mass is 10.1. The minimum atomic E-state index is -0.173. The molecule has 1 N–H and O–H groups in total. The summed E-state index contributed by atoms with van der Waals surface area (Å²) in [5.74, 6) is 1.06. The molecule has 0 unspecified atom stereocenters. The number of nitrogens with one attached hydrogen (secondary N) is 1. The molecule has 1 aromatic carbocycles. The van der Waals surface area contributed by atoms with E-state index in [0.29, 0.717) is 30.3 Å². The van der Waals surface area contributed by atoms with Crippen molar-refractivity contribution in [3.8, 4) is 17.5 Å². The molecule has 0 radical (unpaired) electrons. The molecule has 0 amide bonds. The van der Waals surface area contributed by atoms with Gasteiger partial charge in [0.2, 0.25) is 0 Å². The Morgan fingerprint density at radius 3 is 2.95 bits per heavy atom. The van der Waals surface area contributed by atoms with Gasteiger partial charge in [0.05, 0.1) is 0 Å². The molecule has 3 rings (SSSR count). The number of nitrogens with zero attached hydrogens (tertiary/aromatic N) is 2. The summed E-state index contributed by atoms with van der Waals surface area (Å²) in [6.45, 7) is 0.892. The van der Waals surface area contributed by atoms with Crippen LogP contribution in [0.15, 0.2) is 24.5 Å². The number of hydrogen-bond donors (Lipinski definition) is 1. The maximum absolute atomic E-state index is 11.9. The molecule has 0 bridgehead atoms. The van der Waals surface area contributed by atoms with E-state index in [1.165, 1.54) is 6.33 Å². The van der Waals surface area contributed by atoms with E-state index in [9.17, 15) is 4.79 Å². The van der Waals surface area contributed by atoms with Crippen molar-refractivity contribution in [3.05, 3.63) is 30.1 Å². The second-order valence-electron chi connectivity index (χ2n) is 3.86. The molecule has 2 heterocycles. The molecule has 1 aliphatic heterocycles. The predicted molar refractivity (Wildman–Crippen MR) is 63.6 cm³/mol. The van der Waals surface area contributed by atoms with Gasteiger partial charge in [0, 0.05) is 5.56 Å². The van der Waals surface area contributed by atoms with E-state index in [0.717, 1.165) is 0 Å². The fourth-order valence-corrected chi connectivity index (χ4v) is 1.70. The molecular formula is C12H11N3O4. The number of ether oxygens (including phenoxy) is 3. The highest BCUT2D eigenvalue weighted by Gasteiger charge is 2.15. The molecule has 0 aliphatic carbocycles. The molecule has 0 saturated carbocycles. The smallest absolute Gasteiger partial charge is 0.312 e. The first-order valence-corrected chi connectivity index (χ1v) is 5.74. The Labute approximate surface area is 108 Å². The Hall–Kier alpha value is -2.57. The average molecular weight is 261 g/mol. The summed E-state index contributed by atoms with van der Waals surface area (Å²) in [6, 6.07) is 5.27. The topological polar surface area (TPSA) is 86.3 Å². The van der Waals surface area contributed by atoms with E-state index in [1.54, 1.807) is 18.2 Å². The van der Waals surface area contributed by atoms with Gasteiger partial charge in [0.1, 0.15) is 19.5 Å². The van der Waals surface area contributed by atoms with Gasteiger partial charge in [-0.3, -0.25) is 4.79 Å². The Morgan fingerprint density at radius 1 is 1.32 bits per heavy atom. The lowest BCUT2D eigenvalue weighted by molar-refractivity contribution is 0.0913. The van der Waals surface area contributed by atoms with E-state index < -0.39 is 0 Å². The van der Waals surface area contributed by atoms with Gasteiger partial charge in [0.25, 0.3) is 0 Å². The first-order valence-electron chi connectivity index (χ1n) is 5.74. The van der Waals surface area contributed by atoms with Gasteiger partial charge in [-0.05, 0) is 18.2 Å². The number of rotatable bonds is 4. The minimum Gasteiger partial charge on any atom is -0.486 e. The van der Waals surface area contributed by atoms with Crippen molar-refractivity contribution in [1.29, 1.82) is 0 Å².